The van der Waals surface area contributed by atoms with Crippen molar-refractivity contribution in [2.45, 2.75) is 26.4 Å². The van der Waals surface area contributed by atoms with E-state index in [-0.39, 0.29) is 17.0 Å². The average molecular weight is 268 g/mol. The summed E-state index contributed by atoms with van der Waals surface area (Å²) in [6, 6.07) is 4.73. The second kappa shape index (κ2) is 6.38. The van der Waals surface area contributed by atoms with Gasteiger partial charge in [0.15, 0.2) is 5.75 Å². The molecule has 1 aromatic carbocycles. The van der Waals surface area contributed by atoms with Gasteiger partial charge in [-0.1, -0.05) is 0 Å². The van der Waals surface area contributed by atoms with Crippen LogP contribution in [-0.4, -0.2) is 30.8 Å². The van der Waals surface area contributed by atoms with Gasteiger partial charge in [-0.15, -0.1) is 0 Å². The summed E-state index contributed by atoms with van der Waals surface area (Å²) in [6.07, 6.45) is 0. The third-order valence-electron chi connectivity index (χ3n) is 2.73. The van der Waals surface area contributed by atoms with E-state index in [0.29, 0.717) is 13.2 Å². The molecule has 106 valence electrons. The highest BCUT2D eigenvalue weighted by Crippen LogP contribution is 2.30. The number of hydrogen-bond acceptors (Lipinski definition) is 5. The van der Waals surface area contributed by atoms with Gasteiger partial charge in [-0.05, 0) is 26.8 Å². The summed E-state index contributed by atoms with van der Waals surface area (Å²) in [7, 11) is 1.64. The molecule has 0 amide bonds. The molecule has 0 aromatic heterocycles. The van der Waals surface area contributed by atoms with E-state index in [9.17, 15) is 10.1 Å². The van der Waals surface area contributed by atoms with Crippen LogP contribution in [0.5, 0.6) is 5.75 Å². The van der Waals surface area contributed by atoms with Crippen molar-refractivity contribution in [2.75, 3.05) is 25.6 Å². The summed E-state index contributed by atoms with van der Waals surface area (Å²) < 4.78 is 10.6. The molecule has 0 aliphatic heterocycles. The van der Waals surface area contributed by atoms with Crippen molar-refractivity contribution in [3.05, 3.63) is 28.3 Å². The van der Waals surface area contributed by atoms with Gasteiger partial charge in [-0.3, -0.25) is 10.1 Å². The SMILES string of the molecule is CCOc1cc(NCC(C)(C)OC)ccc1[N+](=O)[O-]. The molecular formula is C13H20N2O4. The lowest BCUT2D eigenvalue weighted by atomic mass is 10.1. The predicted octanol–water partition coefficient (Wildman–Crippen LogP) is 2.83. The lowest BCUT2D eigenvalue weighted by molar-refractivity contribution is -0.385. The number of rotatable bonds is 7. The number of ether oxygens (including phenoxy) is 2. The predicted molar refractivity (Wildman–Crippen MR) is 73.8 cm³/mol. The van der Waals surface area contributed by atoms with Crippen LogP contribution in [0.3, 0.4) is 0 Å². The van der Waals surface area contributed by atoms with Crippen LogP contribution >= 0.6 is 0 Å². The molecule has 0 unspecified atom stereocenters. The smallest absolute Gasteiger partial charge is 0.311 e. The zero-order valence-electron chi connectivity index (χ0n) is 11.7. The van der Waals surface area contributed by atoms with E-state index in [1.54, 1.807) is 26.2 Å². The van der Waals surface area contributed by atoms with E-state index in [2.05, 4.69) is 5.32 Å². The van der Waals surface area contributed by atoms with Gasteiger partial charge in [0.2, 0.25) is 0 Å². The van der Waals surface area contributed by atoms with E-state index in [1.165, 1.54) is 6.07 Å². The maximum Gasteiger partial charge on any atom is 0.311 e. The Morgan fingerprint density at radius 2 is 2.11 bits per heavy atom. The Kier molecular flexibility index (Phi) is 5.11. The summed E-state index contributed by atoms with van der Waals surface area (Å²) in [6.45, 7) is 6.67. The lowest BCUT2D eigenvalue weighted by Gasteiger charge is -2.23. The first-order valence-electron chi connectivity index (χ1n) is 6.10. The Balaban J connectivity index is 2.86. The number of methoxy groups -OCH3 is 1. The number of hydrogen-bond donors (Lipinski definition) is 1. The molecule has 0 saturated carbocycles. The minimum absolute atomic E-state index is 0.0293. The summed E-state index contributed by atoms with van der Waals surface area (Å²) >= 11 is 0. The second-order valence-corrected chi connectivity index (χ2v) is 4.69. The van der Waals surface area contributed by atoms with E-state index < -0.39 is 4.92 Å². The monoisotopic (exact) mass is 268 g/mol. The van der Waals surface area contributed by atoms with Crippen molar-refractivity contribution in [3.63, 3.8) is 0 Å². The first-order chi connectivity index (χ1) is 8.89. The quantitative estimate of drug-likeness (QED) is 0.608. The highest BCUT2D eigenvalue weighted by molar-refractivity contribution is 5.58. The fourth-order valence-electron chi connectivity index (χ4n) is 1.43. The van der Waals surface area contributed by atoms with Crippen LogP contribution in [0.4, 0.5) is 11.4 Å². The van der Waals surface area contributed by atoms with E-state index in [0.717, 1.165) is 5.69 Å². The molecule has 1 N–H and O–H groups in total. The van der Waals surface area contributed by atoms with Crippen LogP contribution in [-0.2, 0) is 4.74 Å². The Morgan fingerprint density at radius 1 is 1.42 bits per heavy atom. The summed E-state index contributed by atoms with van der Waals surface area (Å²) in [5, 5.41) is 14.0. The number of nitro benzene ring substituents is 1. The highest BCUT2D eigenvalue weighted by Gasteiger charge is 2.18. The summed E-state index contributed by atoms with van der Waals surface area (Å²) in [5.74, 6) is 0.271. The van der Waals surface area contributed by atoms with E-state index >= 15 is 0 Å². The maximum absolute atomic E-state index is 10.9. The van der Waals surface area contributed by atoms with E-state index in [1.807, 2.05) is 13.8 Å². The molecule has 0 aliphatic rings. The summed E-state index contributed by atoms with van der Waals surface area (Å²) in [5.41, 5.74) is 0.422. The van der Waals surface area contributed by atoms with Gasteiger partial charge in [-0.25, -0.2) is 0 Å². The van der Waals surface area contributed by atoms with Crippen molar-refractivity contribution in [2.24, 2.45) is 0 Å². The average Bonchev–Trinajstić information content (AvgIpc) is 2.37. The molecule has 0 fully saturated rings. The first kappa shape index (κ1) is 15.2. The Hall–Kier alpha value is -1.82. The molecule has 6 nitrogen and oxygen atoms in total. The number of anilines is 1. The van der Waals surface area contributed by atoms with Crippen molar-refractivity contribution < 1.29 is 14.4 Å². The highest BCUT2D eigenvalue weighted by atomic mass is 16.6. The Morgan fingerprint density at radius 3 is 2.63 bits per heavy atom. The molecule has 19 heavy (non-hydrogen) atoms. The molecule has 0 heterocycles. The van der Waals surface area contributed by atoms with Crippen molar-refractivity contribution in [1.29, 1.82) is 0 Å². The minimum Gasteiger partial charge on any atom is -0.487 e. The molecular weight excluding hydrogens is 248 g/mol. The first-order valence-corrected chi connectivity index (χ1v) is 6.10. The number of nitro groups is 1. The van der Waals surface area contributed by atoms with Crippen LogP contribution in [0.25, 0.3) is 0 Å². The molecule has 6 heteroatoms. The normalized spacial score (nSPS) is 11.2. The van der Waals surface area contributed by atoms with Gasteiger partial charge in [0.1, 0.15) is 0 Å². The Labute approximate surface area is 112 Å². The minimum atomic E-state index is -0.451. The number of nitrogens with one attached hydrogen (secondary N) is 1. The van der Waals surface area contributed by atoms with Crippen LogP contribution in [0.2, 0.25) is 0 Å². The maximum atomic E-state index is 10.9. The fraction of sp³-hybridized carbons (Fsp3) is 0.538. The van der Waals surface area contributed by atoms with Gasteiger partial charge < -0.3 is 14.8 Å². The number of nitrogens with zero attached hydrogens (tertiary/aromatic N) is 1. The number of benzene rings is 1. The third kappa shape index (κ3) is 4.40. The molecule has 1 rings (SSSR count). The molecule has 1 aromatic rings. The fourth-order valence-corrected chi connectivity index (χ4v) is 1.43. The van der Waals surface area contributed by atoms with Gasteiger partial charge in [-0.2, -0.15) is 0 Å². The second-order valence-electron chi connectivity index (χ2n) is 4.69. The molecule has 0 bridgehead atoms. The molecule has 0 spiro atoms. The Bertz CT molecular complexity index is 446. The third-order valence-corrected chi connectivity index (χ3v) is 2.73. The zero-order chi connectivity index (χ0) is 14.5. The van der Waals surface area contributed by atoms with Crippen LogP contribution in [0.1, 0.15) is 20.8 Å². The van der Waals surface area contributed by atoms with Gasteiger partial charge >= 0.3 is 5.69 Å². The van der Waals surface area contributed by atoms with Crippen LogP contribution in [0, 0.1) is 10.1 Å². The topological polar surface area (TPSA) is 73.6 Å². The van der Waals surface area contributed by atoms with E-state index in [4.69, 9.17) is 9.47 Å². The molecule has 0 atom stereocenters. The van der Waals surface area contributed by atoms with Crippen molar-refractivity contribution >= 4 is 11.4 Å². The largest absolute Gasteiger partial charge is 0.487 e. The van der Waals surface area contributed by atoms with Crippen LogP contribution in [0.15, 0.2) is 18.2 Å². The zero-order valence-corrected chi connectivity index (χ0v) is 11.7. The molecule has 0 aliphatic carbocycles. The van der Waals surface area contributed by atoms with Gasteiger partial charge in [0, 0.05) is 31.5 Å². The molecule has 0 saturated heterocycles. The summed E-state index contributed by atoms with van der Waals surface area (Å²) in [4.78, 5) is 10.4. The van der Waals surface area contributed by atoms with Crippen molar-refractivity contribution in [1.82, 2.24) is 0 Å². The van der Waals surface area contributed by atoms with Gasteiger partial charge in [0.25, 0.3) is 0 Å². The van der Waals surface area contributed by atoms with Crippen molar-refractivity contribution in [3.8, 4) is 5.75 Å². The molecule has 0 radical (unpaired) electrons. The lowest BCUT2D eigenvalue weighted by Crippen LogP contribution is -2.32. The standard InChI is InChI=1S/C13H20N2O4/c1-5-19-12-8-10(6-7-11(12)15(16)17)14-9-13(2,3)18-4/h6-8,14H,5,9H2,1-4H3. The van der Waals surface area contributed by atoms with Gasteiger partial charge in [0.05, 0.1) is 17.1 Å². The van der Waals surface area contributed by atoms with Crippen LogP contribution < -0.4 is 10.1 Å².